The van der Waals surface area contributed by atoms with Gasteiger partial charge in [0.25, 0.3) is 5.56 Å². The van der Waals surface area contributed by atoms with Gasteiger partial charge in [-0.05, 0) is 41.4 Å². The van der Waals surface area contributed by atoms with Crippen molar-refractivity contribution in [1.29, 1.82) is 0 Å². The quantitative estimate of drug-likeness (QED) is 0.904. The largest absolute Gasteiger partial charge is 0.477 e. The maximum atomic E-state index is 11.9. The van der Waals surface area contributed by atoms with Gasteiger partial charge in [0.05, 0.1) is 6.54 Å². The molecule has 0 aliphatic heterocycles. The summed E-state index contributed by atoms with van der Waals surface area (Å²) in [6, 6.07) is 4.92. The number of aryl methyl sites for hydroxylation is 1. The Balaban J connectivity index is 2.49. The summed E-state index contributed by atoms with van der Waals surface area (Å²) in [5, 5.41) is 12.8. The smallest absolute Gasteiger partial charge is 0.341 e. The minimum Gasteiger partial charge on any atom is -0.477 e. The molecule has 0 spiro atoms. The molecule has 1 N–H and O–H groups in total. The molecule has 0 saturated heterocycles. The summed E-state index contributed by atoms with van der Waals surface area (Å²) >= 11 is 1.55. The lowest BCUT2D eigenvalue weighted by atomic mass is 10.2. The molecule has 0 aliphatic carbocycles. The van der Waals surface area contributed by atoms with Crippen LogP contribution in [-0.4, -0.2) is 15.6 Å². The molecule has 4 nitrogen and oxygen atoms in total. The van der Waals surface area contributed by atoms with Crippen LogP contribution in [0.4, 0.5) is 0 Å². The SMILES string of the molecule is Cc1ccc(C(=O)O)c(=O)n1Cc1ccsc1. The summed E-state index contributed by atoms with van der Waals surface area (Å²) in [6.45, 7) is 2.20. The van der Waals surface area contributed by atoms with E-state index in [9.17, 15) is 9.59 Å². The Morgan fingerprint density at radius 3 is 2.76 bits per heavy atom. The van der Waals surface area contributed by atoms with Crippen molar-refractivity contribution < 1.29 is 9.90 Å². The molecule has 0 fully saturated rings. The monoisotopic (exact) mass is 249 g/mol. The zero-order valence-corrected chi connectivity index (χ0v) is 10.0. The van der Waals surface area contributed by atoms with E-state index in [-0.39, 0.29) is 5.56 Å². The van der Waals surface area contributed by atoms with Gasteiger partial charge in [0.2, 0.25) is 0 Å². The molecular formula is C12H11NO3S. The molecule has 0 amide bonds. The Bertz CT molecular complexity index is 599. The highest BCUT2D eigenvalue weighted by Gasteiger charge is 2.12. The van der Waals surface area contributed by atoms with Gasteiger partial charge in [-0.2, -0.15) is 11.3 Å². The van der Waals surface area contributed by atoms with E-state index in [1.807, 2.05) is 16.8 Å². The number of carbonyl (C=O) groups is 1. The van der Waals surface area contributed by atoms with E-state index in [4.69, 9.17) is 5.11 Å². The van der Waals surface area contributed by atoms with Crippen molar-refractivity contribution in [2.24, 2.45) is 0 Å². The number of aromatic carboxylic acids is 1. The molecular weight excluding hydrogens is 238 g/mol. The second-order valence-corrected chi connectivity index (χ2v) is 4.50. The van der Waals surface area contributed by atoms with Gasteiger partial charge in [0.15, 0.2) is 0 Å². The zero-order chi connectivity index (χ0) is 12.4. The van der Waals surface area contributed by atoms with Crippen molar-refractivity contribution in [3.63, 3.8) is 0 Å². The Morgan fingerprint density at radius 2 is 2.18 bits per heavy atom. The highest BCUT2D eigenvalue weighted by molar-refractivity contribution is 7.07. The van der Waals surface area contributed by atoms with Crippen LogP contribution in [0.2, 0.25) is 0 Å². The molecule has 17 heavy (non-hydrogen) atoms. The number of hydrogen-bond donors (Lipinski definition) is 1. The van der Waals surface area contributed by atoms with Crippen LogP contribution in [0.15, 0.2) is 33.8 Å². The highest BCUT2D eigenvalue weighted by Crippen LogP contribution is 2.09. The fourth-order valence-electron chi connectivity index (χ4n) is 1.60. The van der Waals surface area contributed by atoms with Crippen LogP contribution in [-0.2, 0) is 6.54 Å². The van der Waals surface area contributed by atoms with E-state index in [0.29, 0.717) is 6.54 Å². The predicted octanol–water partition coefficient (Wildman–Crippen LogP) is 1.96. The molecule has 0 atom stereocenters. The summed E-state index contributed by atoms with van der Waals surface area (Å²) in [6.07, 6.45) is 0. The lowest BCUT2D eigenvalue weighted by molar-refractivity contribution is 0.0694. The number of pyridine rings is 1. The standard InChI is InChI=1S/C12H11NO3S/c1-8-2-3-10(12(15)16)11(14)13(8)6-9-4-5-17-7-9/h2-5,7H,6H2,1H3,(H,15,16). The van der Waals surface area contributed by atoms with E-state index in [0.717, 1.165) is 11.3 Å². The number of nitrogens with zero attached hydrogens (tertiary/aromatic N) is 1. The van der Waals surface area contributed by atoms with Crippen LogP contribution in [0.3, 0.4) is 0 Å². The molecule has 88 valence electrons. The highest BCUT2D eigenvalue weighted by atomic mass is 32.1. The first-order valence-electron chi connectivity index (χ1n) is 5.04. The van der Waals surface area contributed by atoms with Crippen molar-refractivity contribution in [3.05, 3.63) is 56.1 Å². The van der Waals surface area contributed by atoms with Crippen LogP contribution < -0.4 is 5.56 Å². The summed E-state index contributed by atoms with van der Waals surface area (Å²) < 4.78 is 1.48. The summed E-state index contributed by atoms with van der Waals surface area (Å²) in [4.78, 5) is 22.8. The molecule has 2 aromatic rings. The number of carboxylic acid groups (broad SMARTS) is 1. The third kappa shape index (κ3) is 2.29. The maximum Gasteiger partial charge on any atom is 0.341 e. The Labute approximate surface area is 102 Å². The summed E-state index contributed by atoms with van der Waals surface area (Å²) in [5.41, 5.74) is 1.11. The lowest BCUT2D eigenvalue weighted by Crippen LogP contribution is -2.28. The first-order valence-corrected chi connectivity index (χ1v) is 5.98. The average Bonchev–Trinajstić information content (AvgIpc) is 2.76. The van der Waals surface area contributed by atoms with E-state index in [1.54, 1.807) is 24.3 Å². The third-order valence-corrected chi connectivity index (χ3v) is 3.28. The van der Waals surface area contributed by atoms with Gasteiger partial charge in [0.1, 0.15) is 5.56 Å². The number of thiophene rings is 1. The van der Waals surface area contributed by atoms with Crippen LogP contribution in [0.1, 0.15) is 21.6 Å². The molecule has 2 heterocycles. The van der Waals surface area contributed by atoms with Gasteiger partial charge in [-0.1, -0.05) is 0 Å². The molecule has 0 unspecified atom stereocenters. The van der Waals surface area contributed by atoms with Crippen molar-refractivity contribution in [3.8, 4) is 0 Å². The fourth-order valence-corrected chi connectivity index (χ4v) is 2.26. The van der Waals surface area contributed by atoms with Gasteiger partial charge >= 0.3 is 5.97 Å². The van der Waals surface area contributed by atoms with E-state index in [2.05, 4.69) is 0 Å². The van der Waals surface area contributed by atoms with E-state index < -0.39 is 11.5 Å². The second-order valence-electron chi connectivity index (χ2n) is 3.72. The molecule has 2 rings (SSSR count). The minimum absolute atomic E-state index is 0.189. The van der Waals surface area contributed by atoms with Crippen LogP contribution in [0.5, 0.6) is 0 Å². The number of hydrogen-bond acceptors (Lipinski definition) is 3. The van der Waals surface area contributed by atoms with Crippen molar-refractivity contribution in [2.75, 3.05) is 0 Å². The summed E-state index contributed by atoms with van der Waals surface area (Å²) in [5.74, 6) is -1.19. The predicted molar refractivity (Wildman–Crippen MR) is 65.8 cm³/mol. The topological polar surface area (TPSA) is 59.3 Å². The van der Waals surface area contributed by atoms with Gasteiger partial charge in [-0.3, -0.25) is 4.79 Å². The van der Waals surface area contributed by atoms with Gasteiger partial charge < -0.3 is 9.67 Å². The van der Waals surface area contributed by atoms with Crippen molar-refractivity contribution in [1.82, 2.24) is 4.57 Å². The zero-order valence-electron chi connectivity index (χ0n) is 9.21. The van der Waals surface area contributed by atoms with E-state index >= 15 is 0 Å². The van der Waals surface area contributed by atoms with Crippen LogP contribution >= 0.6 is 11.3 Å². The minimum atomic E-state index is -1.19. The normalized spacial score (nSPS) is 10.4. The van der Waals surface area contributed by atoms with Crippen LogP contribution in [0, 0.1) is 6.92 Å². The van der Waals surface area contributed by atoms with Gasteiger partial charge in [-0.25, -0.2) is 4.79 Å². The van der Waals surface area contributed by atoms with Gasteiger partial charge in [-0.15, -0.1) is 0 Å². The second kappa shape index (κ2) is 4.55. The van der Waals surface area contributed by atoms with Crippen molar-refractivity contribution >= 4 is 17.3 Å². The third-order valence-electron chi connectivity index (χ3n) is 2.54. The van der Waals surface area contributed by atoms with Gasteiger partial charge in [0, 0.05) is 5.69 Å². The number of rotatable bonds is 3. The molecule has 0 bridgehead atoms. The molecule has 0 aromatic carbocycles. The maximum absolute atomic E-state index is 11.9. The lowest BCUT2D eigenvalue weighted by Gasteiger charge is -2.09. The molecule has 5 heteroatoms. The Morgan fingerprint density at radius 1 is 1.41 bits per heavy atom. The first kappa shape index (κ1) is 11.6. The molecule has 0 aliphatic rings. The van der Waals surface area contributed by atoms with Crippen LogP contribution in [0.25, 0.3) is 0 Å². The first-order chi connectivity index (χ1) is 8.09. The molecule has 0 radical (unpaired) electrons. The summed E-state index contributed by atoms with van der Waals surface area (Å²) in [7, 11) is 0. The molecule has 2 aromatic heterocycles. The number of aromatic nitrogens is 1. The number of carboxylic acids is 1. The molecule has 0 saturated carbocycles. The average molecular weight is 249 g/mol. The van der Waals surface area contributed by atoms with E-state index in [1.165, 1.54) is 10.6 Å². The Hall–Kier alpha value is -1.88. The Kier molecular flexibility index (Phi) is 3.10. The van der Waals surface area contributed by atoms with Crippen molar-refractivity contribution in [2.45, 2.75) is 13.5 Å². The fraction of sp³-hybridized carbons (Fsp3) is 0.167.